The number of para-hydroxylation sites is 1. The van der Waals surface area contributed by atoms with Gasteiger partial charge >= 0.3 is 0 Å². The van der Waals surface area contributed by atoms with Crippen LogP contribution in [0.1, 0.15) is 17.5 Å². The highest BCUT2D eigenvalue weighted by atomic mass is 19.1. The molecule has 3 rings (SSSR count). The molecule has 1 saturated heterocycles. The summed E-state index contributed by atoms with van der Waals surface area (Å²) in [6.45, 7) is 1.21. The highest BCUT2D eigenvalue weighted by Crippen LogP contribution is 2.22. The van der Waals surface area contributed by atoms with E-state index in [0.29, 0.717) is 25.4 Å². The standard InChI is InChI=1S/C21H23F2N3O3/c1-29-19-8-3-2-5-14(19)13-26-10-9-24-21(28)18(26)11-20(27)25-12-15-16(22)6-4-7-17(15)23/h2-8,18H,9-13H2,1H3,(H,24,28)(H,25,27). The summed E-state index contributed by atoms with van der Waals surface area (Å²) in [6, 6.07) is 10.3. The first kappa shape index (κ1) is 20.7. The fourth-order valence-corrected chi connectivity index (χ4v) is 3.36. The maximum Gasteiger partial charge on any atom is 0.237 e. The third-order valence-electron chi connectivity index (χ3n) is 4.91. The SMILES string of the molecule is COc1ccccc1CN1CCNC(=O)C1CC(=O)NCc1c(F)cccc1F. The minimum Gasteiger partial charge on any atom is -0.496 e. The normalized spacial score (nSPS) is 16.9. The van der Waals surface area contributed by atoms with E-state index in [1.54, 1.807) is 7.11 Å². The van der Waals surface area contributed by atoms with E-state index in [9.17, 15) is 18.4 Å². The summed E-state index contributed by atoms with van der Waals surface area (Å²) in [5.74, 6) is -1.45. The third kappa shape index (κ3) is 5.08. The van der Waals surface area contributed by atoms with Crippen LogP contribution >= 0.6 is 0 Å². The molecule has 0 aliphatic carbocycles. The van der Waals surface area contributed by atoms with Gasteiger partial charge in [-0.3, -0.25) is 14.5 Å². The molecule has 2 aromatic rings. The van der Waals surface area contributed by atoms with Crippen LogP contribution in [0.4, 0.5) is 8.78 Å². The number of methoxy groups -OCH3 is 1. The Kier molecular flexibility index (Phi) is 6.77. The van der Waals surface area contributed by atoms with Crippen molar-refractivity contribution in [3.8, 4) is 5.75 Å². The number of halogens is 2. The molecule has 1 fully saturated rings. The minimum absolute atomic E-state index is 0.114. The molecular weight excluding hydrogens is 380 g/mol. The van der Waals surface area contributed by atoms with Gasteiger partial charge in [0.05, 0.1) is 19.6 Å². The van der Waals surface area contributed by atoms with Gasteiger partial charge in [0.1, 0.15) is 17.4 Å². The molecule has 154 valence electrons. The van der Waals surface area contributed by atoms with E-state index in [-0.39, 0.29) is 24.4 Å². The Labute approximate surface area is 167 Å². The van der Waals surface area contributed by atoms with Crippen LogP contribution < -0.4 is 15.4 Å². The van der Waals surface area contributed by atoms with Crippen molar-refractivity contribution in [1.82, 2.24) is 15.5 Å². The number of nitrogens with one attached hydrogen (secondary N) is 2. The molecule has 0 aromatic heterocycles. The zero-order chi connectivity index (χ0) is 20.8. The highest BCUT2D eigenvalue weighted by molar-refractivity contribution is 5.88. The largest absolute Gasteiger partial charge is 0.496 e. The molecule has 8 heteroatoms. The Morgan fingerprint density at radius 2 is 1.93 bits per heavy atom. The van der Waals surface area contributed by atoms with Crippen LogP contribution in [0.5, 0.6) is 5.75 Å². The quantitative estimate of drug-likeness (QED) is 0.742. The molecule has 0 spiro atoms. The van der Waals surface area contributed by atoms with E-state index < -0.39 is 23.6 Å². The molecule has 6 nitrogen and oxygen atoms in total. The zero-order valence-corrected chi connectivity index (χ0v) is 16.1. The number of benzene rings is 2. The summed E-state index contributed by atoms with van der Waals surface area (Å²) in [4.78, 5) is 26.7. The molecule has 0 saturated carbocycles. The lowest BCUT2D eigenvalue weighted by Gasteiger charge is -2.35. The predicted molar refractivity (Wildman–Crippen MR) is 103 cm³/mol. The Bertz CT molecular complexity index is 871. The van der Waals surface area contributed by atoms with Crippen LogP contribution in [0, 0.1) is 11.6 Å². The van der Waals surface area contributed by atoms with E-state index in [2.05, 4.69) is 10.6 Å². The predicted octanol–water partition coefficient (Wildman–Crippen LogP) is 1.98. The van der Waals surface area contributed by atoms with Gasteiger partial charge < -0.3 is 15.4 Å². The number of amides is 2. The van der Waals surface area contributed by atoms with Crippen LogP contribution in [0.3, 0.4) is 0 Å². The number of hydrogen-bond acceptors (Lipinski definition) is 4. The van der Waals surface area contributed by atoms with Gasteiger partial charge in [-0.2, -0.15) is 0 Å². The Balaban J connectivity index is 1.66. The maximum atomic E-state index is 13.7. The van der Waals surface area contributed by atoms with E-state index >= 15 is 0 Å². The number of piperazine rings is 1. The number of ether oxygens (including phenoxy) is 1. The molecule has 2 aromatic carbocycles. The number of hydrogen-bond donors (Lipinski definition) is 2. The summed E-state index contributed by atoms with van der Waals surface area (Å²) in [6.07, 6.45) is -0.114. The molecule has 2 N–H and O–H groups in total. The van der Waals surface area contributed by atoms with Crippen molar-refractivity contribution in [3.05, 3.63) is 65.2 Å². The average molecular weight is 403 g/mol. The average Bonchev–Trinajstić information content (AvgIpc) is 2.70. The zero-order valence-electron chi connectivity index (χ0n) is 16.1. The summed E-state index contributed by atoms with van der Waals surface area (Å²) in [5.41, 5.74) is 0.698. The first-order chi connectivity index (χ1) is 14.0. The molecule has 2 amide bonds. The fourth-order valence-electron chi connectivity index (χ4n) is 3.36. The van der Waals surface area contributed by atoms with E-state index in [1.165, 1.54) is 6.07 Å². The van der Waals surface area contributed by atoms with Crippen LogP contribution in [0.15, 0.2) is 42.5 Å². The van der Waals surface area contributed by atoms with Crippen molar-refractivity contribution in [2.75, 3.05) is 20.2 Å². The lowest BCUT2D eigenvalue weighted by atomic mass is 10.1. The van der Waals surface area contributed by atoms with E-state index in [4.69, 9.17) is 4.74 Å². The van der Waals surface area contributed by atoms with E-state index in [0.717, 1.165) is 17.7 Å². The van der Waals surface area contributed by atoms with Crippen LogP contribution in [0.25, 0.3) is 0 Å². The van der Waals surface area contributed by atoms with Gasteiger partial charge in [-0.15, -0.1) is 0 Å². The monoisotopic (exact) mass is 403 g/mol. The second kappa shape index (κ2) is 9.47. The maximum absolute atomic E-state index is 13.7. The molecule has 1 aliphatic heterocycles. The molecule has 1 aliphatic rings. The second-order valence-electron chi connectivity index (χ2n) is 6.77. The number of carbonyl (C=O) groups is 2. The molecule has 1 heterocycles. The Morgan fingerprint density at radius 1 is 1.21 bits per heavy atom. The molecular formula is C21H23F2N3O3. The summed E-state index contributed by atoms with van der Waals surface area (Å²) in [7, 11) is 1.58. The van der Waals surface area contributed by atoms with Gasteiger partial charge in [0.2, 0.25) is 11.8 Å². The summed E-state index contributed by atoms with van der Waals surface area (Å²) < 4.78 is 32.8. The van der Waals surface area contributed by atoms with Crippen molar-refractivity contribution < 1.29 is 23.1 Å². The fraction of sp³-hybridized carbons (Fsp3) is 0.333. The van der Waals surface area contributed by atoms with Gasteiger partial charge in [-0.1, -0.05) is 24.3 Å². The number of carbonyl (C=O) groups excluding carboxylic acids is 2. The van der Waals surface area contributed by atoms with Crippen LogP contribution in [-0.4, -0.2) is 43.0 Å². The molecule has 1 atom stereocenters. The number of nitrogens with zero attached hydrogens (tertiary/aromatic N) is 1. The van der Waals surface area contributed by atoms with Gasteiger partial charge in [-0.25, -0.2) is 8.78 Å². The van der Waals surface area contributed by atoms with Gasteiger partial charge in [0.25, 0.3) is 0 Å². The molecule has 0 radical (unpaired) electrons. The Hall–Kier alpha value is -3.00. The van der Waals surface area contributed by atoms with E-state index in [1.807, 2.05) is 29.2 Å². The second-order valence-corrected chi connectivity index (χ2v) is 6.77. The minimum atomic E-state index is -0.724. The Morgan fingerprint density at radius 3 is 2.66 bits per heavy atom. The lowest BCUT2D eigenvalue weighted by Crippen LogP contribution is -2.56. The van der Waals surface area contributed by atoms with Crippen molar-refractivity contribution in [2.24, 2.45) is 0 Å². The van der Waals surface area contributed by atoms with Crippen molar-refractivity contribution in [1.29, 1.82) is 0 Å². The smallest absolute Gasteiger partial charge is 0.237 e. The van der Waals surface area contributed by atoms with Crippen molar-refractivity contribution in [3.63, 3.8) is 0 Å². The van der Waals surface area contributed by atoms with Crippen molar-refractivity contribution in [2.45, 2.75) is 25.6 Å². The van der Waals surface area contributed by atoms with Crippen molar-refractivity contribution >= 4 is 11.8 Å². The topological polar surface area (TPSA) is 70.7 Å². The van der Waals surface area contributed by atoms with Gasteiger partial charge in [0.15, 0.2) is 0 Å². The molecule has 0 bridgehead atoms. The van der Waals surface area contributed by atoms with Crippen LogP contribution in [0.2, 0.25) is 0 Å². The molecule has 1 unspecified atom stereocenters. The first-order valence-corrected chi connectivity index (χ1v) is 9.33. The lowest BCUT2D eigenvalue weighted by molar-refractivity contribution is -0.134. The van der Waals surface area contributed by atoms with Crippen LogP contribution in [-0.2, 0) is 22.7 Å². The number of rotatable bonds is 7. The summed E-state index contributed by atoms with van der Waals surface area (Å²) >= 11 is 0. The summed E-state index contributed by atoms with van der Waals surface area (Å²) in [5, 5.41) is 5.27. The third-order valence-corrected chi connectivity index (χ3v) is 4.91. The van der Waals surface area contributed by atoms with Gasteiger partial charge in [-0.05, 0) is 18.2 Å². The molecule has 29 heavy (non-hydrogen) atoms. The van der Waals surface area contributed by atoms with Gasteiger partial charge in [0, 0.05) is 37.3 Å². The highest BCUT2D eigenvalue weighted by Gasteiger charge is 2.32. The first-order valence-electron chi connectivity index (χ1n) is 9.33.